The van der Waals surface area contributed by atoms with E-state index in [9.17, 15) is 60.7 Å². The van der Waals surface area contributed by atoms with Crippen molar-refractivity contribution in [2.75, 3.05) is 6.61 Å². The van der Waals surface area contributed by atoms with E-state index in [4.69, 9.17) is 5.11 Å². The summed E-state index contributed by atoms with van der Waals surface area (Å²) in [5.41, 5.74) is -3.77. The highest BCUT2D eigenvalue weighted by atomic mass is 79.9. The average molecular weight is 1220 g/mol. The summed E-state index contributed by atoms with van der Waals surface area (Å²) in [6.45, 7) is 5.74. The minimum Gasteiger partial charge on any atom is -0.394 e. The molecule has 0 saturated heterocycles. The van der Waals surface area contributed by atoms with Crippen LogP contribution in [0.15, 0.2) is 41.4 Å². The summed E-state index contributed by atoms with van der Waals surface area (Å²) >= 11 is 3.49. The van der Waals surface area contributed by atoms with Crippen molar-refractivity contribution in [1.82, 2.24) is 0 Å². The lowest BCUT2D eigenvalue weighted by atomic mass is 9.47. The number of Topliss-reactive ketones (excluding diaryl/α,β-unsaturated/α-hetero) is 1. The molecule has 20 bridgehead atoms. The summed E-state index contributed by atoms with van der Waals surface area (Å²) < 4.78 is 1.12. The molecule has 20 aliphatic carbocycles. The van der Waals surface area contributed by atoms with Crippen molar-refractivity contribution >= 4 is 28.0 Å². The van der Waals surface area contributed by atoms with Crippen LogP contribution in [0.25, 0.3) is 0 Å². The van der Waals surface area contributed by atoms with Gasteiger partial charge in [0.2, 0.25) is 0 Å². The third-order valence-corrected chi connectivity index (χ3v) is 27.1. The number of hydrogen-bond acceptors (Lipinski definition) is 13. The first-order valence-corrected chi connectivity index (χ1v) is 34.0. The lowest BCUT2D eigenvalue weighted by molar-refractivity contribution is -0.236. The van der Waals surface area contributed by atoms with Crippen molar-refractivity contribution in [2.45, 2.75) is 268 Å². The van der Waals surface area contributed by atoms with Gasteiger partial charge in [0.25, 0.3) is 0 Å². The molecule has 14 heteroatoms. The molecule has 20 aliphatic rings. The number of aliphatic hydroxyl groups is 11. The monoisotopic (exact) mass is 1220 g/mol. The van der Waals surface area contributed by atoms with Crippen molar-refractivity contribution in [3.8, 4) is 0 Å². The van der Waals surface area contributed by atoms with Crippen LogP contribution >= 0.6 is 15.9 Å². The fraction of sp³-hybridized carbons (Fsp3) is 0.855. The van der Waals surface area contributed by atoms with Crippen molar-refractivity contribution in [3.63, 3.8) is 0 Å². The molecule has 83 heavy (non-hydrogen) atoms. The maximum absolute atomic E-state index is 11.6. The zero-order valence-electron chi connectivity index (χ0n) is 49.7. The lowest BCUT2D eigenvalue weighted by Crippen LogP contribution is -2.64. The Kier molecular flexibility index (Phi) is 16.6. The second-order valence-electron chi connectivity index (χ2n) is 32.5. The number of ketones is 1. The first-order chi connectivity index (χ1) is 39.1. The molecule has 12 atom stereocenters. The van der Waals surface area contributed by atoms with E-state index in [2.05, 4.69) is 53.7 Å². The maximum atomic E-state index is 11.6. The van der Waals surface area contributed by atoms with E-state index in [-0.39, 0.29) is 55.0 Å². The normalized spacial score (nSPS) is 51.9. The standard InChI is InChI=1S/C21H29BrO2.C13H22O4.C13H20O2.C12H18O3.C10H14O2/c1-14(16-4-6-19(22)7-5-16)3-2-8-21(24)17-9-15-10-18(21)13-20(23,11-15)12-17;14-7-11(15)6-13(17)9-1-8-2-10(13)5-12(16,3-8)4-9;1-2-3-13(15)10-4-9-5-11(13)8-12(14,6-9)7-10;13-2-1-12(15)9-3-8-4-10(12)7-11(14,5-8)6-9;11-9-7-1-6-2-8(9)5-10(12,3-6)4-7/h4-7,14-15,17-18,23-24H,2-3,8-13H2,1H3;8-11,14-17H,1-7H2;2,9-11,14-15H,1,3-8H2;2,8-10,14-15H,1,3-7H2;6-8,12H,1-5H2/t14-,15?,17?,18?,20?,21?;;;;/m1..../s1. The van der Waals surface area contributed by atoms with Crippen LogP contribution < -0.4 is 0 Å². The van der Waals surface area contributed by atoms with Crippen LogP contribution in [0.1, 0.15) is 217 Å². The molecule has 21 rings (SSSR count). The van der Waals surface area contributed by atoms with E-state index in [0.717, 1.165) is 165 Å². The van der Waals surface area contributed by atoms with Crippen LogP contribution in [0.5, 0.6) is 0 Å². The molecule has 464 valence electrons. The van der Waals surface area contributed by atoms with Crippen LogP contribution in [0.3, 0.4) is 0 Å². The van der Waals surface area contributed by atoms with Gasteiger partial charge in [-0.25, -0.2) is 0 Å². The Morgan fingerprint density at radius 2 is 0.843 bits per heavy atom. The molecule has 0 aromatic heterocycles. The molecule has 11 N–H and O–H groups in total. The largest absolute Gasteiger partial charge is 0.394 e. The predicted octanol–water partition coefficient (Wildman–Crippen LogP) is 8.93. The highest BCUT2D eigenvalue weighted by Crippen LogP contribution is 2.65. The van der Waals surface area contributed by atoms with Crippen LogP contribution in [0.4, 0.5) is 0 Å². The molecule has 13 nitrogen and oxygen atoms in total. The van der Waals surface area contributed by atoms with Gasteiger partial charge in [-0.3, -0.25) is 4.79 Å². The van der Waals surface area contributed by atoms with Gasteiger partial charge in [-0.15, -0.1) is 6.58 Å². The van der Waals surface area contributed by atoms with Gasteiger partial charge in [-0.1, -0.05) is 41.1 Å². The van der Waals surface area contributed by atoms with Crippen molar-refractivity contribution in [2.24, 2.45) is 88.8 Å². The number of carbonyl (C=O) groups is 2. The zero-order chi connectivity index (χ0) is 58.9. The number of rotatable bonds is 12. The molecule has 1 aromatic carbocycles. The summed E-state index contributed by atoms with van der Waals surface area (Å²) in [6.07, 6.45) is 29.0. The van der Waals surface area contributed by atoms with E-state index in [1.54, 1.807) is 0 Å². The zero-order valence-corrected chi connectivity index (χ0v) is 51.3. The maximum Gasteiger partial charge on any atom is 0.139 e. The molecule has 0 amide bonds. The van der Waals surface area contributed by atoms with Crippen LogP contribution in [0, 0.1) is 88.8 Å². The molecule has 0 heterocycles. The number of aldehydes is 1. The van der Waals surface area contributed by atoms with Gasteiger partial charge in [0, 0.05) is 29.2 Å². The van der Waals surface area contributed by atoms with E-state index in [1.165, 1.54) is 5.56 Å². The Morgan fingerprint density at radius 1 is 0.506 bits per heavy atom. The van der Waals surface area contributed by atoms with E-state index < -0.39 is 56.5 Å². The van der Waals surface area contributed by atoms with Gasteiger partial charge in [-0.2, -0.15) is 0 Å². The predicted molar refractivity (Wildman–Crippen MR) is 317 cm³/mol. The van der Waals surface area contributed by atoms with Crippen molar-refractivity contribution in [1.29, 1.82) is 0 Å². The summed E-state index contributed by atoms with van der Waals surface area (Å²) in [6, 6.07) is 8.61. The first-order valence-electron chi connectivity index (χ1n) is 33.2. The van der Waals surface area contributed by atoms with E-state index in [0.29, 0.717) is 97.1 Å². The molecule has 1 aromatic rings. The number of aliphatic hydroxyl groups excluding tert-OH is 2. The molecule has 0 spiro atoms. The third-order valence-electron chi connectivity index (χ3n) is 26.6. The molecule has 11 unspecified atom stereocenters. The molecule has 20 fully saturated rings. The van der Waals surface area contributed by atoms with Gasteiger partial charge in [0.15, 0.2) is 0 Å². The Balaban J connectivity index is 0.000000104. The van der Waals surface area contributed by atoms with Crippen LogP contribution in [0.2, 0.25) is 0 Å². The van der Waals surface area contributed by atoms with Crippen molar-refractivity contribution < 1.29 is 65.8 Å². The Bertz CT molecular complexity index is 2390. The fourth-order valence-corrected chi connectivity index (χ4v) is 24.0. The summed E-state index contributed by atoms with van der Waals surface area (Å²) in [7, 11) is 0. The molecule has 0 aliphatic heterocycles. The highest BCUT2D eigenvalue weighted by molar-refractivity contribution is 9.10. The Hall–Kier alpha value is -1.66. The molecular weight excluding hydrogens is 1120 g/mol. The van der Waals surface area contributed by atoms with Crippen LogP contribution in [-0.4, -0.2) is 131 Å². The lowest BCUT2D eigenvalue weighted by Gasteiger charge is -2.62. The second-order valence-corrected chi connectivity index (χ2v) is 33.4. The van der Waals surface area contributed by atoms with Gasteiger partial charge >= 0.3 is 0 Å². The topological polar surface area (TPSA) is 257 Å². The van der Waals surface area contributed by atoms with Gasteiger partial charge < -0.3 is 61.0 Å². The minimum absolute atomic E-state index is 0.0972. The Labute approximate surface area is 502 Å². The summed E-state index contributed by atoms with van der Waals surface area (Å²) in [5, 5.41) is 114. The van der Waals surface area contributed by atoms with Crippen LogP contribution in [-0.2, 0) is 9.59 Å². The minimum atomic E-state index is -0.870. The number of halogens is 1. The quantitative estimate of drug-likeness (QED) is 0.0691. The highest BCUT2D eigenvalue weighted by Gasteiger charge is 2.65. The SMILES string of the molecule is C=CCC1(O)C2CC3CC1CC(O)(C3)C2.C[C@H](CCCC1(O)C2CC3CC1CC(O)(C3)C2)c1ccc(Br)cc1.O=C1C2CC3CC1CC(O)(C3)C2.O=CCC1(O)C2CC3CC1CC(O)(C3)C2.OCC(O)CC1(O)C2CC3CC1CC(O)(C3)C2. The molecular formula is C69H103BrO13. The van der Waals surface area contributed by atoms with E-state index >= 15 is 0 Å². The van der Waals surface area contributed by atoms with Gasteiger partial charge in [0.1, 0.15) is 12.1 Å². The Morgan fingerprint density at radius 3 is 1.18 bits per heavy atom. The summed E-state index contributed by atoms with van der Waals surface area (Å²) in [4.78, 5) is 22.3. The van der Waals surface area contributed by atoms with Crippen molar-refractivity contribution in [3.05, 3.63) is 47.0 Å². The second kappa shape index (κ2) is 22.4. The number of hydrogen-bond donors (Lipinski definition) is 11. The smallest absolute Gasteiger partial charge is 0.139 e. The number of carbonyl (C=O) groups excluding carboxylic acids is 2. The first kappa shape index (κ1) is 61.6. The van der Waals surface area contributed by atoms with Gasteiger partial charge in [-0.05, 0) is 287 Å². The fourth-order valence-electron chi connectivity index (χ4n) is 23.7. The molecule has 20 saturated carbocycles. The van der Waals surface area contributed by atoms with E-state index in [1.807, 2.05) is 6.08 Å². The molecule has 0 radical (unpaired) electrons. The average Bonchev–Trinajstić information content (AvgIpc) is 1.36. The van der Waals surface area contributed by atoms with Gasteiger partial charge in [0.05, 0.1) is 63.1 Å². The third kappa shape index (κ3) is 11.7. The summed E-state index contributed by atoms with van der Waals surface area (Å²) in [5.74, 6) is 6.33. The number of benzene rings is 1.